The van der Waals surface area contributed by atoms with Crippen molar-refractivity contribution < 1.29 is 8.42 Å². The fourth-order valence-electron chi connectivity index (χ4n) is 3.39. The molecule has 0 fully saturated rings. The maximum absolute atomic E-state index is 13.5. The van der Waals surface area contributed by atoms with Gasteiger partial charge in [0.25, 0.3) is 0 Å². The highest BCUT2D eigenvalue weighted by Crippen LogP contribution is 2.33. The number of nitrogens with one attached hydrogen (secondary N) is 1. The molecule has 0 saturated heterocycles. The molecule has 0 bridgehead atoms. The van der Waals surface area contributed by atoms with Crippen LogP contribution in [-0.2, 0) is 16.4 Å². The largest absolute Gasteiger partial charge is 0.345 e. The molecule has 1 heterocycles. The minimum Gasteiger partial charge on any atom is -0.345 e. The Bertz CT molecular complexity index is 1190. The van der Waals surface area contributed by atoms with Crippen LogP contribution in [0.1, 0.15) is 0 Å². The van der Waals surface area contributed by atoms with E-state index in [9.17, 15) is 8.42 Å². The van der Waals surface area contributed by atoms with Gasteiger partial charge in [-0.15, -0.1) is 0 Å². The van der Waals surface area contributed by atoms with Gasteiger partial charge in [0.1, 0.15) is 0 Å². The lowest BCUT2D eigenvalue weighted by molar-refractivity contribution is 0.596. The van der Waals surface area contributed by atoms with Gasteiger partial charge in [0.05, 0.1) is 9.79 Å². The molecule has 4 aromatic rings. The third kappa shape index (κ3) is 2.69. The number of likely N-dealkylation sites (N-methyl/N-ethyl adjacent to an activating group) is 1. The summed E-state index contributed by atoms with van der Waals surface area (Å²) in [5, 5.41) is 5.55. The Morgan fingerprint density at radius 3 is 2.35 bits per heavy atom. The van der Waals surface area contributed by atoms with Crippen molar-refractivity contribution in [3.63, 3.8) is 0 Å². The summed E-state index contributed by atoms with van der Waals surface area (Å²) in [6.45, 7) is 1.48. The molecule has 0 aliphatic rings. The first-order valence-corrected chi connectivity index (χ1v) is 10.1. The Kier molecular flexibility index (Phi) is 4.26. The number of para-hydroxylation sites is 1. The van der Waals surface area contributed by atoms with Crippen LogP contribution in [0.3, 0.4) is 0 Å². The summed E-state index contributed by atoms with van der Waals surface area (Å²) in [6.07, 6.45) is 1.76. The van der Waals surface area contributed by atoms with Crippen LogP contribution >= 0.6 is 0 Å². The second-order valence-corrected chi connectivity index (χ2v) is 8.17. The zero-order chi connectivity index (χ0) is 18.1. The molecule has 1 N–H and O–H groups in total. The third-order valence-corrected chi connectivity index (χ3v) is 6.52. The predicted molar refractivity (Wildman–Crippen MR) is 105 cm³/mol. The minimum atomic E-state index is -3.64. The first-order valence-electron chi connectivity index (χ1n) is 8.58. The Morgan fingerprint density at radius 2 is 1.54 bits per heavy atom. The molecule has 0 radical (unpaired) electrons. The van der Waals surface area contributed by atoms with Gasteiger partial charge in [0.2, 0.25) is 9.84 Å². The first-order chi connectivity index (χ1) is 12.6. The van der Waals surface area contributed by atoms with Crippen molar-refractivity contribution in [1.29, 1.82) is 0 Å². The molecular weight excluding hydrogens is 344 g/mol. The van der Waals surface area contributed by atoms with Gasteiger partial charge in [-0.25, -0.2) is 8.42 Å². The second kappa shape index (κ2) is 6.59. The zero-order valence-electron chi connectivity index (χ0n) is 14.5. The fourth-order valence-corrected chi connectivity index (χ4v) is 5.09. The van der Waals surface area contributed by atoms with Crippen molar-refractivity contribution in [1.82, 2.24) is 9.88 Å². The first kappa shape index (κ1) is 16.8. The van der Waals surface area contributed by atoms with Crippen LogP contribution in [0.5, 0.6) is 0 Å². The van der Waals surface area contributed by atoms with E-state index in [1.807, 2.05) is 66.2 Å². The maximum Gasteiger partial charge on any atom is 0.209 e. The molecule has 26 heavy (non-hydrogen) atoms. The van der Waals surface area contributed by atoms with Gasteiger partial charge in [-0.2, -0.15) is 0 Å². The summed E-state index contributed by atoms with van der Waals surface area (Å²) in [7, 11) is -1.75. The zero-order valence-corrected chi connectivity index (χ0v) is 15.3. The van der Waals surface area contributed by atoms with E-state index in [2.05, 4.69) is 5.32 Å². The Morgan fingerprint density at radius 1 is 0.846 bits per heavy atom. The Hall–Kier alpha value is -2.63. The highest BCUT2D eigenvalue weighted by atomic mass is 32.2. The molecular formula is C21H20N2O2S. The molecule has 132 valence electrons. The monoisotopic (exact) mass is 364 g/mol. The van der Waals surface area contributed by atoms with Crippen LogP contribution in [0.15, 0.2) is 82.7 Å². The van der Waals surface area contributed by atoms with Gasteiger partial charge in [-0.1, -0.05) is 54.6 Å². The standard InChI is InChI=1S/C21H20N2O2S/c1-22-13-14-23-15-21(18-10-4-5-11-19(18)23)26(24,25)20-12-6-8-16-7-2-3-9-17(16)20/h2-12,15,22H,13-14H2,1H3. The number of sulfone groups is 1. The second-order valence-electron chi connectivity index (χ2n) is 6.29. The molecule has 0 atom stereocenters. The quantitative estimate of drug-likeness (QED) is 0.585. The van der Waals surface area contributed by atoms with Crippen LogP contribution < -0.4 is 5.32 Å². The molecule has 5 heteroatoms. The lowest BCUT2D eigenvalue weighted by atomic mass is 10.1. The Balaban J connectivity index is 1.96. The molecule has 1 aromatic heterocycles. The van der Waals surface area contributed by atoms with E-state index < -0.39 is 9.84 Å². The van der Waals surface area contributed by atoms with Crippen molar-refractivity contribution in [2.24, 2.45) is 0 Å². The summed E-state index contributed by atoms with van der Waals surface area (Å²) in [5.41, 5.74) is 0.932. The molecule has 4 nitrogen and oxygen atoms in total. The number of fused-ring (bicyclic) bond motifs is 2. The van der Waals surface area contributed by atoms with Crippen LogP contribution in [0.4, 0.5) is 0 Å². The smallest absolute Gasteiger partial charge is 0.209 e. The van der Waals surface area contributed by atoms with Crippen LogP contribution in [-0.4, -0.2) is 26.6 Å². The molecule has 3 aromatic carbocycles. The number of benzene rings is 3. The number of rotatable bonds is 5. The van der Waals surface area contributed by atoms with Gasteiger partial charge in [0, 0.05) is 35.6 Å². The molecule has 0 amide bonds. The van der Waals surface area contributed by atoms with Crippen molar-refractivity contribution in [3.05, 3.63) is 72.9 Å². The van der Waals surface area contributed by atoms with Gasteiger partial charge < -0.3 is 9.88 Å². The summed E-state index contributed by atoms with van der Waals surface area (Å²) in [4.78, 5) is 0.715. The lowest BCUT2D eigenvalue weighted by Gasteiger charge is -2.07. The average Bonchev–Trinajstić information content (AvgIpc) is 3.05. The lowest BCUT2D eigenvalue weighted by Crippen LogP contribution is -2.14. The summed E-state index contributed by atoms with van der Waals surface area (Å²) in [6, 6.07) is 20.7. The van der Waals surface area contributed by atoms with Crippen LogP contribution in [0.25, 0.3) is 21.7 Å². The van der Waals surface area contributed by atoms with Crippen LogP contribution in [0, 0.1) is 0 Å². The molecule has 0 saturated carbocycles. The normalized spacial score (nSPS) is 12.0. The SMILES string of the molecule is CNCCn1cc(S(=O)(=O)c2cccc3ccccc23)c2ccccc21. The summed E-state index contributed by atoms with van der Waals surface area (Å²) in [5.74, 6) is 0. The molecule has 0 unspecified atom stereocenters. The molecule has 4 rings (SSSR count). The van der Waals surface area contributed by atoms with E-state index in [0.717, 1.165) is 28.2 Å². The van der Waals surface area contributed by atoms with E-state index in [-0.39, 0.29) is 0 Å². The minimum absolute atomic E-state index is 0.354. The highest BCUT2D eigenvalue weighted by molar-refractivity contribution is 7.92. The highest BCUT2D eigenvalue weighted by Gasteiger charge is 2.24. The Labute approximate surface area is 153 Å². The van der Waals surface area contributed by atoms with E-state index >= 15 is 0 Å². The fraction of sp³-hybridized carbons (Fsp3) is 0.143. The van der Waals surface area contributed by atoms with Crippen molar-refractivity contribution in [2.45, 2.75) is 16.3 Å². The van der Waals surface area contributed by atoms with Crippen LogP contribution in [0.2, 0.25) is 0 Å². The number of hydrogen-bond acceptors (Lipinski definition) is 3. The molecule has 0 spiro atoms. The number of aromatic nitrogens is 1. The predicted octanol–water partition coefficient (Wildman–Crippen LogP) is 3.85. The van der Waals surface area contributed by atoms with Crippen molar-refractivity contribution >= 4 is 31.5 Å². The number of hydrogen-bond donors (Lipinski definition) is 1. The van der Waals surface area contributed by atoms with Gasteiger partial charge in [-0.05, 0) is 24.6 Å². The summed E-state index contributed by atoms with van der Waals surface area (Å²) >= 11 is 0. The van der Waals surface area contributed by atoms with E-state index in [1.54, 1.807) is 18.3 Å². The third-order valence-electron chi connectivity index (χ3n) is 4.68. The van der Waals surface area contributed by atoms with Crippen molar-refractivity contribution in [2.75, 3.05) is 13.6 Å². The average molecular weight is 364 g/mol. The van der Waals surface area contributed by atoms with Gasteiger partial charge in [-0.3, -0.25) is 0 Å². The topological polar surface area (TPSA) is 51.1 Å². The molecule has 0 aliphatic carbocycles. The number of nitrogens with zero attached hydrogens (tertiary/aromatic N) is 1. The maximum atomic E-state index is 13.5. The van der Waals surface area contributed by atoms with Crippen molar-refractivity contribution in [3.8, 4) is 0 Å². The molecule has 0 aliphatic heterocycles. The van der Waals surface area contributed by atoms with Gasteiger partial charge >= 0.3 is 0 Å². The summed E-state index contributed by atoms with van der Waals surface area (Å²) < 4.78 is 29.0. The van der Waals surface area contributed by atoms with Gasteiger partial charge in [0.15, 0.2) is 0 Å². The van der Waals surface area contributed by atoms with E-state index in [0.29, 0.717) is 16.3 Å². The van der Waals surface area contributed by atoms with E-state index in [1.165, 1.54) is 0 Å². The van der Waals surface area contributed by atoms with E-state index in [4.69, 9.17) is 0 Å².